The topological polar surface area (TPSA) is 96.0 Å². The number of nitro groups is 1. The third kappa shape index (κ3) is 3.90. The van der Waals surface area contributed by atoms with Gasteiger partial charge in [-0.3, -0.25) is 14.9 Å². The van der Waals surface area contributed by atoms with E-state index in [1.54, 1.807) is 0 Å². The second-order valence-electron chi connectivity index (χ2n) is 6.97. The lowest BCUT2D eigenvalue weighted by molar-refractivity contribution is -0.384. The first-order valence-corrected chi connectivity index (χ1v) is 8.90. The number of rotatable bonds is 5. The fourth-order valence-corrected chi connectivity index (χ4v) is 3.07. The van der Waals surface area contributed by atoms with Crippen LogP contribution in [0.25, 0.3) is 0 Å². The molecule has 33 heavy (non-hydrogen) atoms. The van der Waals surface area contributed by atoms with E-state index in [2.05, 4.69) is 5.10 Å². The van der Waals surface area contributed by atoms with Gasteiger partial charge in [-0.1, -0.05) is 30.3 Å². The molecule has 1 atom stereocenters. The quantitative estimate of drug-likeness (QED) is 0.389. The third-order valence-corrected chi connectivity index (χ3v) is 4.85. The first-order chi connectivity index (χ1) is 15.1. The van der Waals surface area contributed by atoms with Crippen LogP contribution in [-0.2, 0) is 5.72 Å². The van der Waals surface area contributed by atoms with Crippen LogP contribution in [0.3, 0.4) is 0 Å². The maximum absolute atomic E-state index is 14.3. The average molecular weight is 479 g/mol. The van der Waals surface area contributed by atoms with E-state index in [4.69, 9.17) is 0 Å². The Kier molecular flexibility index (Phi) is 5.69. The summed E-state index contributed by atoms with van der Waals surface area (Å²) in [5.74, 6) is -13.8. The molecule has 1 unspecified atom stereocenters. The van der Waals surface area contributed by atoms with Crippen LogP contribution in [0, 0.1) is 10.1 Å². The molecule has 1 amide bonds. The maximum atomic E-state index is 14.3. The molecule has 0 fully saturated rings. The summed E-state index contributed by atoms with van der Waals surface area (Å²) in [6.45, 7) is 0. The summed E-state index contributed by atoms with van der Waals surface area (Å²) in [7, 11) is 0. The molecule has 1 aliphatic heterocycles. The molecule has 14 heteroatoms. The number of amides is 1. The fraction of sp³-hybridized carbons (Fsp3) is 0.263. The van der Waals surface area contributed by atoms with Crippen LogP contribution in [0.1, 0.15) is 22.3 Å². The van der Waals surface area contributed by atoms with Crippen molar-refractivity contribution in [3.05, 3.63) is 75.8 Å². The standard InChI is InChI=1S/C19H12F7N3O4/c20-17(21,18(22,23)19(24,25)26)14-10-16(31,12-4-2-1-3-5-12)28(27-14)15(30)11-6-8-13(9-7-11)29(32)33/h1-9,31H,10H2. The zero-order valence-electron chi connectivity index (χ0n) is 16.1. The van der Waals surface area contributed by atoms with Gasteiger partial charge in [-0.2, -0.15) is 40.8 Å². The zero-order chi connectivity index (χ0) is 24.8. The van der Waals surface area contributed by atoms with Gasteiger partial charge in [0.25, 0.3) is 11.6 Å². The Bertz CT molecular complexity index is 1100. The van der Waals surface area contributed by atoms with Crippen molar-refractivity contribution in [2.24, 2.45) is 5.10 Å². The van der Waals surface area contributed by atoms with E-state index in [1.165, 1.54) is 18.2 Å². The van der Waals surface area contributed by atoms with E-state index in [1.807, 2.05) is 0 Å². The van der Waals surface area contributed by atoms with Gasteiger partial charge in [-0.15, -0.1) is 0 Å². The van der Waals surface area contributed by atoms with Gasteiger partial charge < -0.3 is 5.11 Å². The van der Waals surface area contributed by atoms with Crippen LogP contribution in [0.4, 0.5) is 36.4 Å². The minimum atomic E-state index is -6.65. The molecule has 1 N–H and O–H groups in total. The largest absolute Gasteiger partial charge is 0.460 e. The van der Waals surface area contributed by atoms with Crippen molar-refractivity contribution in [2.45, 2.75) is 30.2 Å². The smallest absolute Gasteiger partial charge is 0.365 e. The van der Waals surface area contributed by atoms with E-state index in [9.17, 15) is 50.7 Å². The second-order valence-corrected chi connectivity index (χ2v) is 6.97. The summed E-state index contributed by atoms with van der Waals surface area (Å²) in [6, 6.07) is 9.74. The number of hydrazone groups is 1. The molecule has 1 aliphatic rings. The van der Waals surface area contributed by atoms with E-state index in [0.717, 1.165) is 36.4 Å². The lowest BCUT2D eigenvalue weighted by atomic mass is 9.93. The number of alkyl halides is 7. The number of aliphatic hydroxyl groups is 1. The molecule has 2 aromatic carbocycles. The van der Waals surface area contributed by atoms with E-state index in [-0.39, 0.29) is 10.6 Å². The molecule has 0 spiro atoms. The number of halogens is 7. The third-order valence-electron chi connectivity index (χ3n) is 4.85. The number of carbonyl (C=O) groups is 1. The molecule has 0 saturated carbocycles. The lowest BCUT2D eigenvalue weighted by Gasteiger charge is -2.32. The van der Waals surface area contributed by atoms with Gasteiger partial charge in [0, 0.05) is 29.7 Å². The predicted molar refractivity (Wildman–Crippen MR) is 97.6 cm³/mol. The first-order valence-electron chi connectivity index (χ1n) is 8.90. The van der Waals surface area contributed by atoms with Crippen LogP contribution >= 0.6 is 0 Å². The van der Waals surface area contributed by atoms with Gasteiger partial charge in [-0.25, -0.2) is 0 Å². The zero-order valence-corrected chi connectivity index (χ0v) is 16.1. The monoisotopic (exact) mass is 479 g/mol. The molecule has 0 saturated heterocycles. The van der Waals surface area contributed by atoms with E-state index < -0.39 is 58.0 Å². The van der Waals surface area contributed by atoms with Crippen molar-refractivity contribution < 1.29 is 45.6 Å². The SMILES string of the molecule is O=C(c1ccc([N+](=O)[O-])cc1)N1N=C(C(F)(F)C(F)(F)C(F)(F)F)CC1(O)c1ccccc1. The summed E-state index contributed by atoms with van der Waals surface area (Å²) in [4.78, 5) is 22.8. The lowest BCUT2D eigenvalue weighted by Crippen LogP contribution is -2.56. The Hall–Kier alpha value is -3.55. The molecule has 176 valence electrons. The number of benzene rings is 2. The summed E-state index contributed by atoms with van der Waals surface area (Å²) >= 11 is 0. The molecule has 2 aromatic rings. The van der Waals surface area contributed by atoms with Gasteiger partial charge in [0.2, 0.25) is 0 Å². The Morgan fingerprint density at radius 2 is 1.55 bits per heavy atom. The van der Waals surface area contributed by atoms with Crippen LogP contribution in [0.15, 0.2) is 59.7 Å². The number of non-ortho nitro benzene ring substituents is 1. The number of carbonyl (C=O) groups excluding carboxylic acids is 1. The molecule has 0 radical (unpaired) electrons. The Morgan fingerprint density at radius 3 is 2.03 bits per heavy atom. The van der Waals surface area contributed by atoms with Gasteiger partial charge in [0.15, 0.2) is 5.72 Å². The van der Waals surface area contributed by atoms with Crippen molar-refractivity contribution >= 4 is 17.3 Å². The summed E-state index contributed by atoms with van der Waals surface area (Å²) in [5, 5.41) is 24.7. The first kappa shape index (κ1) is 24.1. The van der Waals surface area contributed by atoms with Crippen molar-refractivity contribution in [3.63, 3.8) is 0 Å². The van der Waals surface area contributed by atoms with Gasteiger partial charge >= 0.3 is 18.0 Å². The maximum Gasteiger partial charge on any atom is 0.460 e. The number of hydrogen-bond donors (Lipinski definition) is 1. The van der Waals surface area contributed by atoms with Crippen molar-refractivity contribution in [1.82, 2.24) is 5.01 Å². The van der Waals surface area contributed by atoms with Crippen LogP contribution < -0.4 is 0 Å². The van der Waals surface area contributed by atoms with Gasteiger partial charge in [0.1, 0.15) is 5.71 Å². The summed E-state index contributed by atoms with van der Waals surface area (Å²) in [5.41, 5.74) is -6.12. The Labute approximate surface area is 179 Å². The fourth-order valence-electron chi connectivity index (χ4n) is 3.07. The van der Waals surface area contributed by atoms with Crippen LogP contribution in [-0.4, -0.2) is 44.7 Å². The summed E-state index contributed by atoms with van der Waals surface area (Å²) < 4.78 is 93.7. The number of hydrogen-bond acceptors (Lipinski definition) is 5. The minimum Gasteiger partial charge on any atom is -0.365 e. The molecule has 0 bridgehead atoms. The highest BCUT2D eigenvalue weighted by atomic mass is 19.4. The van der Waals surface area contributed by atoms with Gasteiger partial charge in [0.05, 0.1) is 4.92 Å². The van der Waals surface area contributed by atoms with Crippen molar-refractivity contribution in [3.8, 4) is 0 Å². The van der Waals surface area contributed by atoms with E-state index >= 15 is 0 Å². The van der Waals surface area contributed by atoms with Crippen LogP contribution in [0.5, 0.6) is 0 Å². The summed E-state index contributed by atoms with van der Waals surface area (Å²) in [6.07, 6.45) is -8.21. The number of nitro benzene ring substituents is 1. The molecular formula is C19H12F7N3O4. The molecule has 0 aliphatic carbocycles. The van der Waals surface area contributed by atoms with E-state index in [0.29, 0.717) is 0 Å². The molecule has 7 nitrogen and oxygen atoms in total. The number of nitrogens with zero attached hydrogens (tertiary/aromatic N) is 3. The highest BCUT2D eigenvalue weighted by Crippen LogP contribution is 2.50. The second kappa shape index (κ2) is 7.79. The Morgan fingerprint density at radius 1 is 1.00 bits per heavy atom. The normalized spacial score (nSPS) is 19.4. The van der Waals surface area contributed by atoms with Crippen molar-refractivity contribution in [2.75, 3.05) is 0 Å². The van der Waals surface area contributed by atoms with Crippen molar-refractivity contribution in [1.29, 1.82) is 0 Å². The highest BCUT2D eigenvalue weighted by Gasteiger charge is 2.76. The molecule has 3 rings (SSSR count). The van der Waals surface area contributed by atoms with Crippen LogP contribution in [0.2, 0.25) is 0 Å². The molecule has 1 heterocycles. The minimum absolute atomic E-state index is 0.0425. The molecule has 0 aromatic heterocycles. The Balaban J connectivity index is 2.11. The highest BCUT2D eigenvalue weighted by molar-refractivity contribution is 6.01. The molecular weight excluding hydrogens is 467 g/mol. The van der Waals surface area contributed by atoms with Gasteiger partial charge in [-0.05, 0) is 12.1 Å². The average Bonchev–Trinajstić information content (AvgIpc) is 3.12. The predicted octanol–water partition coefficient (Wildman–Crippen LogP) is 4.47.